The van der Waals surface area contributed by atoms with E-state index in [2.05, 4.69) is 10.2 Å². The van der Waals surface area contributed by atoms with Crippen LogP contribution in [0.2, 0.25) is 0 Å². The molecule has 0 heterocycles. The number of benzene rings is 1. The van der Waals surface area contributed by atoms with E-state index >= 15 is 0 Å². The number of hydrogen-bond acceptors (Lipinski definition) is 4. The zero-order valence-corrected chi connectivity index (χ0v) is 11.7. The molecular formula is C13H15F3N2O4. The highest BCUT2D eigenvalue weighted by Gasteiger charge is 2.29. The summed E-state index contributed by atoms with van der Waals surface area (Å²) in [4.78, 5) is 26.9. The van der Waals surface area contributed by atoms with Gasteiger partial charge in [0.25, 0.3) is 5.91 Å². The SMILES string of the molecule is CN(OCC(F)(F)F)C(=O)CNC(=O)OCc1ccccc1. The van der Waals surface area contributed by atoms with Gasteiger partial charge in [0.2, 0.25) is 0 Å². The third-order valence-electron chi connectivity index (χ3n) is 2.37. The van der Waals surface area contributed by atoms with Gasteiger partial charge < -0.3 is 10.1 Å². The number of nitrogens with zero attached hydrogens (tertiary/aromatic N) is 1. The van der Waals surface area contributed by atoms with Crippen molar-refractivity contribution in [3.63, 3.8) is 0 Å². The largest absolute Gasteiger partial charge is 0.445 e. The van der Waals surface area contributed by atoms with Crippen molar-refractivity contribution in [3.05, 3.63) is 35.9 Å². The second-order valence-corrected chi connectivity index (χ2v) is 4.20. The molecule has 0 saturated heterocycles. The lowest BCUT2D eigenvalue weighted by molar-refractivity contribution is -0.239. The van der Waals surface area contributed by atoms with Crippen LogP contribution in [0.3, 0.4) is 0 Å². The molecule has 6 nitrogen and oxygen atoms in total. The van der Waals surface area contributed by atoms with E-state index in [0.29, 0.717) is 5.06 Å². The Labute approximate surface area is 124 Å². The first-order valence-electron chi connectivity index (χ1n) is 6.18. The number of alkyl carbamates (subject to hydrolysis) is 1. The van der Waals surface area contributed by atoms with Crippen LogP contribution in [-0.2, 0) is 21.0 Å². The van der Waals surface area contributed by atoms with Crippen LogP contribution in [0.5, 0.6) is 0 Å². The Morgan fingerprint density at radius 2 is 1.86 bits per heavy atom. The van der Waals surface area contributed by atoms with E-state index < -0.39 is 31.3 Å². The molecule has 1 aromatic rings. The van der Waals surface area contributed by atoms with Crippen LogP contribution >= 0.6 is 0 Å². The average molecular weight is 320 g/mol. The van der Waals surface area contributed by atoms with Gasteiger partial charge in [-0.25, -0.2) is 9.86 Å². The van der Waals surface area contributed by atoms with Gasteiger partial charge in [-0.3, -0.25) is 9.63 Å². The van der Waals surface area contributed by atoms with Gasteiger partial charge in [0.1, 0.15) is 13.2 Å². The highest BCUT2D eigenvalue weighted by molar-refractivity contribution is 5.81. The number of rotatable bonds is 6. The van der Waals surface area contributed by atoms with Gasteiger partial charge in [-0.1, -0.05) is 30.3 Å². The Morgan fingerprint density at radius 1 is 1.23 bits per heavy atom. The van der Waals surface area contributed by atoms with Gasteiger partial charge in [-0.2, -0.15) is 13.2 Å². The molecule has 0 aliphatic carbocycles. The minimum atomic E-state index is -4.55. The Balaban J connectivity index is 2.24. The summed E-state index contributed by atoms with van der Waals surface area (Å²) in [7, 11) is 1.02. The van der Waals surface area contributed by atoms with Crippen molar-refractivity contribution in [3.8, 4) is 0 Å². The summed E-state index contributed by atoms with van der Waals surface area (Å²) in [6.07, 6.45) is -5.40. The normalized spacial score (nSPS) is 10.9. The fourth-order valence-electron chi connectivity index (χ4n) is 1.28. The fourth-order valence-corrected chi connectivity index (χ4v) is 1.28. The van der Waals surface area contributed by atoms with E-state index in [-0.39, 0.29) is 6.61 Å². The smallest absolute Gasteiger partial charge is 0.414 e. The van der Waals surface area contributed by atoms with Gasteiger partial charge in [-0.05, 0) is 5.56 Å². The van der Waals surface area contributed by atoms with Gasteiger partial charge in [0.05, 0.1) is 0 Å². The topological polar surface area (TPSA) is 67.9 Å². The molecule has 0 spiro atoms. The Morgan fingerprint density at radius 3 is 2.45 bits per heavy atom. The van der Waals surface area contributed by atoms with Crippen LogP contribution in [0.15, 0.2) is 30.3 Å². The number of carbonyl (C=O) groups excluding carboxylic acids is 2. The molecule has 0 aliphatic heterocycles. The maximum absolute atomic E-state index is 11.9. The molecule has 0 fully saturated rings. The lowest BCUT2D eigenvalue weighted by Gasteiger charge is -2.17. The molecule has 0 saturated carbocycles. The summed E-state index contributed by atoms with van der Waals surface area (Å²) in [5.41, 5.74) is 0.759. The van der Waals surface area contributed by atoms with Crippen LogP contribution in [0.4, 0.5) is 18.0 Å². The summed E-state index contributed by atoms with van der Waals surface area (Å²) in [6, 6.07) is 8.84. The van der Waals surface area contributed by atoms with Crippen LogP contribution in [-0.4, -0.2) is 43.4 Å². The summed E-state index contributed by atoms with van der Waals surface area (Å²) in [5.74, 6) is -0.846. The minimum Gasteiger partial charge on any atom is -0.445 e. The van der Waals surface area contributed by atoms with Crippen LogP contribution < -0.4 is 5.32 Å². The monoisotopic (exact) mass is 320 g/mol. The first kappa shape index (κ1) is 17.8. The molecule has 1 aromatic carbocycles. The Kier molecular flexibility index (Phi) is 6.64. The van der Waals surface area contributed by atoms with Crippen LogP contribution in [0.1, 0.15) is 5.56 Å². The van der Waals surface area contributed by atoms with Crippen molar-refractivity contribution in [2.24, 2.45) is 0 Å². The first-order chi connectivity index (χ1) is 10.3. The third kappa shape index (κ3) is 7.48. The van der Waals surface area contributed by atoms with Crippen molar-refractivity contribution >= 4 is 12.0 Å². The van der Waals surface area contributed by atoms with Crippen molar-refractivity contribution < 1.29 is 32.3 Å². The van der Waals surface area contributed by atoms with Gasteiger partial charge in [0, 0.05) is 7.05 Å². The summed E-state index contributed by atoms with van der Waals surface area (Å²) >= 11 is 0. The van der Waals surface area contributed by atoms with Crippen molar-refractivity contribution in [1.82, 2.24) is 10.4 Å². The van der Waals surface area contributed by atoms with E-state index in [4.69, 9.17) is 4.74 Å². The zero-order chi connectivity index (χ0) is 16.6. The molecule has 0 radical (unpaired) electrons. The van der Waals surface area contributed by atoms with Gasteiger partial charge in [0.15, 0.2) is 6.61 Å². The predicted octanol–water partition coefficient (Wildman–Crippen LogP) is 1.87. The van der Waals surface area contributed by atoms with E-state index in [1.54, 1.807) is 30.3 Å². The van der Waals surface area contributed by atoms with Crippen molar-refractivity contribution in [1.29, 1.82) is 0 Å². The number of halogens is 3. The quantitative estimate of drug-likeness (QED) is 0.813. The molecule has 0 aliphatic rings. The molecule has 22 heavy (non-hydrogen) atoms. The van der Waals surface area contributed by atoms with E-state index in [1.165, 1.54) is 0 Å². The first-order valence-corrected chi connectivity index (χ1v) is 6.18. The average Bonchev–Trinajstić information content (AvgIpc) is 2.48. The van der Waals surface area contributed by atoms with Gasteiger partial charge in [-0.15, -0.1) is 0 Å². The maximum Gasteiger partial charge on any atom is 0.414 e. The summed E-state index contributed by atoms with van der Waals surface area (Å²) < 4.78 is 40.5. The summed E-state index contributed by atoms with van der Waals surface area (Å²) in [6.45, 7) is -2.11. The lowest BCUT2D eigenvalue weighted by Crippen LogP contribution is -2.39. The minimum absolute atomic E-state index is 0.0152. The number of hydrogen-bond donors (Lipinski definition) is 1. The Bertz CT molecular complexity index is 494. The molecule has 0 unspecified atom stereocenters. The van der Waals surface area contributed by atoms with E-state index in [0.717, 1.165) is 12.6 Å². The third-order valence-corrected chi connectivity index (χ3v) is 2.37. The van der Waals surface area contributed by atoms with Crippen LogP contribution in [0.25, 0.3) is 0 Å². The number of amides is 2. The van der Waals surface area contributed by atoms with E-state index in [9.17, 15) is 22.8 Å². The van der Waals surface area contributed by atoms with Gasteiger partial charge >= 0.3 is 12.3 Å². The summed E-state index contributed by atoms with van der Waals surface area (Å²) in [5, 5.41) is 2.52. The number of carbonyl (C=O) groups is 2. The number of hydroxylamine groups is 2. The Hall–Kier alpha value is -2.29. The molecule has 0 aromatic heterocycles. The zero-order valence-electron chi connectivity index (χ0n) is 11.7. The number of nitrogens with one attached hydrogen (secondary N) is 1. The number of alkyl halides is 3. The number of likely N-dealkylation sites (N-methyl/N-ethyl adjacent to an activating group) is 1. The highest BCUT2D eigenvalue weighted by Crippen LogP contribution is 2.14. The second-order valence-electron chi connectivity index (χ2n) is 4.20. The molecule has 1 rings (SSSR count). The molecule has 2 amide bonds. The molecule has 0 bridgehead atoms. The molecule has 122 valence electrons. The highest BCUT2D eigenvalue weighted by atomic mass is 19.4. The second kappa shape index (κ2) is 8.23. The lowest BCUT2D eigenvalue weighted by atomic mass is 10.2. The molecular weight excluding hydrogens is 305 g/mol. The molecule has 9 heteroatoms. The fraction of sp³-hybridized carbons (Fsp3) is 0.385. The van der Waals surface area contributed by atoms with Crippen molar-refractivity contribution in [2.45, 2.75) is 12.8 Å². The van der Waals surface area contributed by atoms with Crippen molar-refractivity contribution in [2.75, 3.05) is 20.2 Å². The molecule has 0 atom stereocenters. The predicted molar refractivity (Wildman–Crippen MR) is 69.4 cm³/mol. The number of ether oxygens (including phenoxy) is 1. The van der Waals surface area contributed by atoms with E-state index in [1.807, 2.05) is 0 Å². The maximum atomic E-state index is 11.9. The van der Waals surface area contributed by atoms with Crippen LogP contribution in [0, 0.1) is 0 Å². The standard InChI is InChI=1S/C13H15F3N2O4/c1-18(22-9-13(14,15)16)11(19)7-17-12(20)21-8-10-5-3-2-4-6-10/h2-6H,7-9H2,1H3,(H,17,20). The molecule has 1 N–H and O–H groups in total.